The first-order valence-electron chi connectivity index (χ1n) is 5.10. The highest BCUT2D eigenvalue weighted by atomic mass is 35.5. The lowest BCUT2D eigenvalue weighted by Gasteiger charge is -1.92. The van der Waals surface area contributed by atoms with Crippen LogP contribution in [-0.2, 0) is 0 Å². The quantitative estimate of drug-likeness (QED) is 0.756. The number of aromatic amines is 1. The average molecular weight is 314 g/mol. The van der Waals surface area contributed by atoms with Crippen LogP contribution in [0.5, 0.6) is 0 Å². The van der Waals surface area contributed by atoms with E-state index in [2.05, 4.69) is 14.3 Å². The first-order chi connectivity index (χ1) is 9.06. The van der Waals surface area contributed by atoms with E-state index < -0.39 is 5.97 Å². The molecular formula is C11H5Cl2N3O2S. The fraction of sp³-hybridized carbons (Fsp3) is 0. The molecule has 0 fully saturated rings. The number of rotatable bonds is 2. The van der Waals surface area contributed by atoms with Crippen LogP contribution in [0.4, 0.5) is 0 Å². The van der Waals surface area contributed by atoms with Gasteiger partial charge in [0.15, 0.2) is 5.82 Å². The second-order valence-corrected chi connectivity index (χ2v) is 5.49. The van der Waals surface area contributed by atoms with Crippen LogP contribution in [0.2, 0.25) is 9.36 Å². The summed E-state index contributed by atoms with van der Waals surface area (Å²) in [6.07, 6.45) is 0. The number of halogens is 2. The molecule has 0 aliphatic carbocycles. The zero-order valence-corrected chi connectivity index (χ0v) is 11.5. The molecule has 19 heavy (non-hydrogen) atoms. The van der Waals surface area contributed by atoms with E-state index in [1.54, 1.807) is 6.07 Å². The Hall–Kier alpha value is -1.63. The lowest BCUT2D eigenvalue weighted by molar-refractivity contribution is 0.0697. The van der Waals surface area contributed by atoms with Crippen LogP contribution in [0.15, 0.2) is 18.2 Å². The Labute approximate surface area is 121 Å². The van der Waals surface area contributed by atoms with Gasteiger partial charge in [0.05, 0.1) is 16.6 Å². The van der Waals surface area contributed by atoms with Gasteiger partial charge >= 0.3 is 5.97 Å². The van der Waals surface area contributed by atoms with Crippen molar-refractivity contribution < 1.29 is 9.90 Å². The summed E-state index contributed by atoms with van der Waals surface area (Å²) in [5.41, 5.74) is 1.89. The minimum Gasteiger partial charge on any atom is -0.478 e. The monoisotopic (exact) mass is 313 g/mol. The molecule has 2 aromatic heterocycles. The fourth-order valence-corrected chi connectivity index (χ4v) is 2.67. The van der Waals surface area contributed by atoms with Crippen molar-refractivity contribution in [3.63, 3.8) is 0 Å². The molecule has 0 aliphatic rings. The Balaban J connectivity index is 2.16. The molecule has 8 heteroatoms. The number of carbonyl (C=O) groups is 1. The first-order valence-corrected chi connectivity index (χ1v) is 6.63. The molecule has 0 atom stereocenters. The molecule has 3 aromatic rings. The summed E-state index contributed by atoms with van der Waals surface area (Å²) in [5, 5.41) is 9.27. The van der Waals surface area contributed by atoms with Gasteiger partial charge in [0.1, 0.15) is 15.1 Å². The van der Waals surface area contributed by atoms with Crippen molar-refractivity contribution in [3.8, 4) is 11.5 Å². The van der Waals surface area contributed by atoms with Crippen LogP contribution in [0, 0.1) is 0 Å². The summed E-state index contributed by atoms with van der Waals surface area (Å²) in [7, 11) is 0. The topological polar surface area (TPSA) is 78.9 Å². The van der Waals surface area contributed by atoms with Crippen molar-refractivity contribution in [1.29, 1.82) is 0 Å². The molecule has 0 radical (unpaired) electrons. The number of H-pyrrole nitrogens is 1. The van der Waals surface area contributed by atoms with Gasteiger partial charge in [-0.05, 0) is 29.7 Å². The zero-order valence-electron chi connectivity index (χ0n) is 9.15. The van der Waals surface area contributed by atoms with Crippen molar-refractivity contribution in [3.05, 3.63) is 33.1 Å². The maximum Gasteiger partial charge on any atom is 0.335 e. The second-order valence-electron chi connectivity index (χ2n) is 3.74. The van der Waals surface area contributed by atoms with Crippen molar-refractivity contribution in [1.82, 2.24) is 14.3 Å². The third-order valence-corrected chi connectivity index (χ3v) is 4.16. The van der Waals surface area contributed by atoms with Crippen molar-refractivity contribution in [2.24, 2.45) is 0 Å². The predicted octanol–water partition coefficient (Wildman–Crippen LogP) is 3.69. The zero-order chi connectivity index (χ0) is 13.6. The molecule has 0 amide bonds. The number of imidazole rings is 1. The van der Waals surface area contributed by atoms with Gasteiger partial charge in [-0.15, -0.1) is 0 Å². The number of carboxylic acid groups (broad SMARTS) is 1. The third kappa shape index (κ3) is 2.07. The Bertz CT molecular complexity index is 796. The maximum absolute atomic E-state index is 10.9. The SMILES string of the molecule is O=C(O)c1ccc2nc(-c3nsc(Cl)c3Cl)[nH]c2c1. The van der Waals surface area contributed by atoms with E-state index in [4.69, 9.17) is 28.3 Å². The average Bonchev–Trinajstić information content (AvgIpc) is 2.93. The number of fused-ring (bicyclic) bond motifs is 1. The number of hydrogen-bond donors (Lipinski definition) is 2. The molecule has 2 heterocycles. The van der Waals surface area contributed by atoms with Crippen LogP contribution in [0.1, 0.15) is 10.4 Å². The van der Waals surface area contributed by atoms with E-state index in [-0.39, 0.29) is 5.56 Å². The smallest absolute Gasteiger partial charge is 0.335 e. The van der Waals surface area contributed by atoms with E-state index in [1.807, 2.05) is 0 Å². The van der Waals surface area contributed by atoms with Crippen molar-refractivity contribution in [2.45, 2.75) is 0 Å². The van der Waals surface area contributed by atoms with Crippen LogP contribution in [0.3, 0.4) is 0 Å². The number of carboxylic acids is 1. The molecule has 96 valence electrons. The molecule has 3 rings (SSSR count). The van der Waals surface area contributed by atoms with Gasteiger partial charge in [-0.25, -0.2) is 9.78 Å². The molecule has 2 N–H and O–H groups in total. The summed E-state index contributed by atoms with van der Waals surface area (Å²) in [6.45, 7) is 0. The summed E-state index contributed by atoms with van der Waals surface area (Å²) in [4.78, 5) is 18.2. The fourth-order valence-electron chi connectivity index (χ4n) is 1.66. The summed E-state index contributed by atoms with van der Waals surface area (Å²) in [6, 6.07) is 4.63. The lowest BCUT2D eigenvalue weighted by Crippen LogP contribution is -1.94. The molecule has 1 aromatic carbocycles. The molecule has 0 unspecified atom stereocenters. The van der Waals surface area contributed by atoms with E-state index in [0.717, 1.165) is 11.5 Å². The van der Waals surface area contributed by atoms with Gasteiger partial charge in [-0.3, -0.25) is 0 Å². The molecule has 0 saturated carbocycles. The van der Waals surface area contributed by atoms with Crippen LogP contribution in [-0.4, -0.2) is 25.4 Å². The molecule has 0 saturated heterocycles. The van der Waals surface area contributed by atoms with Gasteiger partial charge in [-0.1, -0.05) is 23.2 Å². The highest BCUT2D eigenvalue weighted by molar-refractivity contribution is 7.11. The Morgan fingerprint density at radius 2 is 2.16 bits per heavy atom. The number of benzene rings is 1. The molecule has 0 spiro atoms. The number of hydrogen-bond acceptors (Lipinski definition) is 4. The van der Waals surface area contributed by atoms with Gasteiger partial charge in [0.25, 0.3) is 0 Å². The van der Waals surface area contributed by atoms with E-state index >= 15 is 0 Å². The maximum atomic E-state index is 10.9. The Kier molecular flexibility index (Phi) is 2.93. The molecule has 0 aliphatic heterocycles. The van der Waals surface area contributed by atoms with Gasteiger partial charge in [0, 0.05) is 0 Å². The first kappa shape index (κ1) is 12.4. The number of nitrogens with one attached hydrogen (secondary N) is 1. The molecular weight excluding hydrogens is 309 g/mol. The van der Waals surface area contributed by atoms with Crippen LogP contribution >= 0.6 is 34.7 Å². The van der Waals surface area contributed by atoms with E-state index in [1.165, 1.54) is 12.1 Å². The Morgan fingerprint density at radius 1 is 1.37 bits per heavy atom. The van der Waals surface area contributed by atoms with Crippen molar-refractivity contribution >= 4 is 51.7 Å². The highest BCUT2D eigenvalue weighted by Crippen LogP contribution is 2.35. The van der Waals surface area contributed by atoms with Crippen LogP contribution < -0.4 is 0 Å². The normalized spacial score (nSPS) is 11.1. The van der Waals surface area contributed by atoms with Gasteiger partial charge in [-0.2, -0.15) is 4.37 Å². The summed E-state index contributed by atoms with van der Waals surface area (Å²) >= 11 is 12.9. The van der Waals surface area contributed by atoms with Gasteiger partial charge < -0.3 is 10.1 Å². The molecule has 0 bridgehead atoms. The summed E-state index contributed by atoms with van der Waals surface area (Å²) in [5.74, 6) is -0.529. The van der Waals surface area contributed by atoms with Crippen LogP contribution in [0.25, 0.3) is 22.6 Å². The number of aromatic carboxylic acids is 1. The minimum absolute atomic E-state index is 0.185. The molecule has 5 nitrogen and oxygen atoms in total. The summed E-state index contributed by atoms with van der Waals surface area (Å²) < 4.78 is 4.50. The highest BCUT2D eigenvalue weighted by Gasteiger charge is 2.16. The number of nitrogens with zero attached hydrogens (tertiary/aromatic N) is 2. The third-order valence-electron chi connectivity index (χ3n) is 2.55. The minimum atomic E-state index is -0.993. The predicted molar refractivity (Wildman–Crippen MR) is 74.2 cm³/mol. The van der Waals surface area contributed by atoms with Crippen molar-refractivity contribution in [2.75, 3.05) is 0 Å². The van der Waals surface area contributed by atoms with E-state index in [9.17, 15) is 4.79 Å². The lowest BCUT2D eigenvalue weighted by atomic mass is 10.2. The standard InChI is InChI=1S/C11H5Cl2N3O2S/c12-7-8(16-19-9(7)13)10-14-5-2-1-4(11(17)18)3-6(5)15-10/h1-3H,(H,14,15)(H,17,18). The Morgan fingerprint density at radius 3 is 2.79 bits per heavy atom. The second kappa shape index (κ2) is 4.48. The van der Waals surface area contributed by atoms with E-state index in [0.29, 0.717) is 31.9 Å². The number of aromatic nitrogens is 3. The largest absolute Gasteiger partial charge is 0.478 e. The van der Waals surface area contributed by atoms with Gasteiger partial charge in [0.2, 0.25) is 0 Å².